The molecule has 0 atom stereocenters. The number of pyridine rings is 1. The molecule has 16 heavy (non-hydrogen) atoms. The van der Waals surface area contributed by atoms with Gasteiger partial charge in [-0.1, -0.05) is 0 Å². The Labute approximate surface area is 87.1 Å². The number of alkyl halides is 3. The number of halogens is 3. The maximum Gasteiger partial charge on any atom is 0.419 e. The number of hydrogen-bond donors (Lipinski definition) is 1. The molecule has 2 aromatic rings. The number of nitrogen functional groups attached to an aromatic ring is 1. The van der Waals surface area contributed by atoms with Gasteiger partial charge in [0.1, 0.15) is 5.82 Å². The fraction of sp³-hybridized carbons (Fsp3) is 0.111. The molecule has 0 amide bonds. The number of nitrogens with zero attached hydrogens (tertiary/aromatic N) is 2. The van der Waals surface area contributed by atoms with Crippen LogP contribution in [0.15, 0.2) is 29.2 Å². The van der Waals surface area contributed by atoms with Crippen LogP contribution in [0.4, 0.5) is 19.0 Å². The standard InChI is InChI=1S/C9H6F3N3O/c10-9(11,12)5-2-1-3-15-6(13)4-7(16)14-8(5)15/h1-4H,13H2. The van der Waals surface area contributed by atoms with Gasteiger partial charge in [-0.3, -0.25) is 9.20 Å². The highest BCUT2D eigenvalue weighted by molar-refractivity contribution is 5.53. The van der Waals surface area contributed by atoms with Gasteiger partial charge in [0, 0.05) is 12.3 Å². The third kappa shape index (κ3) is 1.60. The van der Waals surface area contributed by atoms with Gasteiger partial charge in [-0.05, 0) is 12.1 Å². The summed E-state index contributed by atoms with van der Waals surface area (Å²) in [6, 6.07) is 3.01. The fourth-order valence-corrected chi connectivity index (χ4v) is 1.38. The highest BCUT2D eigenvalue weighted by atomic mass is 19.4. The minimum atomic E-state index is -4.57. The molecule has 0 spiro atoms. The van der Waals surface area contributed by atoms with Crippen LogP contribution in [0.3, 0.4) is 0 Å². The van der Waals surface area contributed by atoms with Crippen molar-refractivity contribution in [3.8, 4) is 0 Å². The third-order valence-electron chi connectivity index (χ3n) is 2.04. The average molecular weight is 229 g/mol. The van der Waals surface area contributed by atoms with E-state index in [9.17, 15) is 18.0 Å². The Hall–Kier alpha value is -2.05. The molecule has 0 fully saturated rings. The van der Waals surface area contributed by atoms with E-state index in [0.29, 0.717) is 0 Å². The summed E-state index contributed by atoms with van der Waals surface area (Å²) in [6.07, 6.45) is -3.26. The lowest BCUT2D eigenvalue weighted by Crippen LogP contribution is -2.16. The molecular formula is C9H6F3N3O. The normalized spacial score (nSPS) is 11.9. The zero-order valence-electron chi connectivity index (χ0n) is 7.82. The Balaban J connectivity index is 2.93. The van der Waals surface area contributed by atoms with Crippen molar-refractivity contribution in [3.63, 3.8) is 0 Å². The smallest absolute Gasteiger partial charge is 0.385 e. The zero-order valence-corrected chi connectivity index (χ0v) is 7.82. The monoisotopic (exact) mass is 229 g/mol. The minimum absolute atomic E-state index is 0.0823. The van der Waals surface area contributed by atoms with Gasteiger partial charge in [-0.2, -0.15) is 18.2 Å². The molecule has 2 N–H and O–H groups in total. The van der Waals surface area contributed by atoms with Crippen LogP contribution in [0.25, 0.3) is 5.65 Å². The summed E-state index contributed by atoms with van der Waals surface area (Å²) in [5.74, 6) is -0.0823. The van der Waals surface area contributed by atoms with Crippen LogP contribution < -0.4 is 11.3 Å². The number of fused-ring (bicyclic) bond motifs is 1. The fourth-order valence-electron chi connectivity index (χ4n) is 1.38. The molecule has 0 aliphatic rings. The first-order valence-electron chi connectivity index (χ1n) is 4.25. The van der Waals surface area contributed by atoms with E-state index in [1.165, 1.54) is 12.3 Å². The predicted octanol–water partition coefficient (Wildman–Crippen LogP) is 1.30. The van der Waals surface area contributed by atoms with Gasteiger partial charge in [0.15, 0.2) is 5.65 Å². The summed E-state index contributed by atoms with van der Waals surface area (Å²) in [5.41, 5.74) is 3.16. The van der Waals surface area contributed by atoms with Gasteiger partial charge in [-0.25, -0.2) is 0 Å². The molecule has 7 heteroatoms. The van der Waals surface area contributed by atoms with E-state index < -0.39 is 22.9 Å². The second-order valence-electron chi connectivity index (χ2n) is 3.13. The zero-order chi connectivity index (χ0) is 11.9. The number of anilines is 1. The van der Waals surface area contributed by atoms with Gasteiger partial charge < -0.3 is 5.73 Å². The molecule has 0 aliphatic heterocycles. The summed E-state index contributed by atoms with van der Waals surface area (Å²) in [4.78, 5) is 14.3. The van der Waals surface area contributed by atoms with E-state index in [2.05, 4.69) is 4.98 Å². The van der Waals surface area contributed by atoms with E-state index in [0.717, 1.165) is 16.5 Å². The van der Waals surface area contributed by atoms with E-state index >= 15 is 0 Å². The van der Waals surface area contributed by atoms with Crippen molar-refractivity contribution in [2.45, 2.75) is 6.18 Å². The molecule has 0 aromatic carbocycles. The van der Waals surface area contributed by atoms with Crippen LogP contribution in [0.5, 0.6) is 0 Å². The molecule has 0 bridgehead atoms. The third-order valence-corrected chi connectivity index (χ3v) is 2.04. The lowest BCUT2D eigenvalue weighted by molar-refractivity contribution is -0.136. The van der Waals surface area contributed by atoms with Crippen molar-refractivity contribution in [3.05, 3.63) is 40.3 Å². The van der Waals surface area contributed by atoms with Gasteiger partial charge in [0.05, 0.1) is 5.56 Å². The minimum Gasteiger partial charge on any atom is -0.385 e. The van der Waals surface area contributed by atoms with Crippen LogP contribution in [0.1, 0.15) is 5.56 Å². The number of hydrogen-bond acceptors (Lipinski definition) is 3. The van der Waals surface area contributed by atoms with Crippen molar-refractivity contribution in [1.82, 2.24) is 9.38 Å². The van der Waals surface area contributed by atoms with Crippen LogP contribution in [-0.4, -0.2) is 9.38 Å². The van der Waals surface area contributed by atoms with E-state index in [1.54, 1.807) is 0 Å². The van der Waals surface area contributed by atoms with Crippen LogP contribution in [0.2, 0.25) is 0 Å². The Morgan fingerprint density at radius 3 is 2.69 bits per heavy atom. The Bertz CT molecular complexity index is 603. The highest BCUT2D eigenvalue weighted by Gasteiger charge is 2.33. The topological polar surface area (TPSA) is 60.4 Å². The maximum absolute atomic E-state index is 12.6. The van der Waals surface area contributed by atoms with Crippen molar-refractivity contribution < 1.29 is 13.2 Å². The first kappa shape index (κ1) is 10.5. The largest absolute Gasteiger partial charge is 0.419 e. The molecule has 84 valence electrons. The SMILES string of the molecule is Nc1cc(=O)nc2c(C(F)(F)F)cccn12. The van der Waals surface area contributed by atoms with Crippen LogP contribution >= 0.6 is 0 Å². The van der Waals surface area contributed by atoms with E-state index in [-0.39, 0.29) is 5.82 Å². The Kier molecular flexibility index (Phi) is 2.11. The van der Waals surface area contributed by atoms with Gasteiger partial charge in [0.2, 0.25) is 0 Å². The summed E-state index contributed by atoms with van der Waals surface area (Å²) >= 11 is 0. The first-order valence-corrected chi connectivity index (χ1v) is 4.25. The molecule has 2 heterocycles. The molecule has 0 radical (unpaired) electrons. The van der Waals surface area contributed by atoms with Gasteiger partial charge >= 0.3 is 6.18 Å². The molecule has 0 unspecified atom stereocenters. The quantitative estimate of drug-likeness (QED) is 0.740. The molecule has 4 nitrogen and oxygen atoms in total. The first-order chi connectivity index (χ1) is 7.39. The number of aromatic nitrogens is 2. The second-order valence-corrected chi connectivity index (χ2v) is 3.13. The van der Waals surface area contributed by atoms with Gasteiger partial charge in [-0.15, -0.1) is 0 Å². The van der Waals surface area contributed by atoms with Crippen molar-refractivity contribution in [2.24, 2.45) is 0 Å². The molecule has 2 aromatic heterocycles. The van der Waals surface area contributed by atoms with Gasteiger partial charge in [0.25, 0.3) is 5.56 Å². The lowest BCUT2D eigenvalue weighted by atomic mass is 10.2. The summed E-state index contributed by atoms with van der Waals surface area (Å²) in [7, 11) is 0. The van der Waals surface area contributed by atoms with Crippen molar-refractivity contribution in [2.75, 3.05) is 5.73 Å². The number of rotatable bonds is 0. The van der Waals surface area contributed by atoms with Crippen molar-refractivity contribution >= 4 is 11.5 Å². The Morgan fingerprint density at radius 1 is 1.38 bits per heavy atom. The highest BCUT2D eigenvalue weighted by Crippen LogP contribution is 2.31. The summed E-state index contributed by atoms with van der Waals surface area (Å²) in [5, 5.41) is 0. The van der Waals surface area contributed by atoms with E-state index in [1.807, 2.05) is 0 Å². The van der Waals surface area contributed by atoms with Crippen LogP contribution in [-0.2, 0) is 6.18 Å². The lowest BCUT2D eigenvalue weighted by Gasteiger charge is -2.10. The molecule has 0 aliphatic carbocycles. The molecule has 0 saturated heterocycles. The molecule has 0 saturated carbocycles. The van der Waals surface area contributed by atoms with Crippen LogP contribution in [0, 0.1) is 0 Å². The molecule has 2 rings (SSSR count). The number of nitrogens with two attached hydrogens (primary N) is 1. The predicted molar refractivity (Wildman–Crippen MR) is 50.9 cm³/mol. The van der Waals surface area contributed by atoms with E-state index in [4.69, 9.17) is 5.73 Å². The summed E-state index contributed by atoms with van der Waals surface area (Å²) in [6.45, 7) is 0. The molecular weight excluding hydrogens is 223 g/mol. The average Bonchev–Trinajstić information content (AvgIpc) is 2.15. The second kappa shape index (κ2) is 3.22. The Morgan fingerprint density at radius 2 is 2.06 bits per heavy atom. The maximum atomic E-state index is 12.6. The summed E-state index contributed by atoms with van der Waals surface area (Å²) < 4.78 is 38.8. The van der Waals surface area contributed by atoms with Crippen molar-refractivity contribution in [1.29, 1.82) is 0 Å².